The van der Waals surface area contributed by atoms with E-state index in [-0.39, 0.29) is 18.5 Å². The van der Waals surface area contributed by atoms with E-state index in [0.29, 0.717) is 16.9 Å². The average Bonchev–Trinajstić information content (AvgIpc) is 2.84. The van der Waals surface area contributed by atoms with E-state index in [1.54, 1.807) is 19.2 Å². The van der Waals surface area contributed by atoms with Crippen LogP contribution in [0.25, 0.3) is 5.69 Å². The van der Waals surface area contributed by atoms with Gasteiger partial charge in [0.2, 0.25) is 0 Å². The highest BCUT2D eigenvalue weighted by Gasteiger charge is 2.15. The fourth-order valence-electron chi connectivity index (χ4n) is 2.04. The molecule has 8 nitrogen and oxygen atoms in total. The Balaban J connectivity index is 2.35. The van der Waals surface area contributed by atoms with Crippen molar-refractivity contribution < 1.29 is 14.8 Å². The highest BCUT2D eigenvalue weighted by atomic mass is 16.6. The molecule has 0 saturated carbocycles. The lowest BCUT2D eigenvalue weighted by Gasteiger charge is -2.06. The average molecular weight is 290 g/mol. The van der Waals surface area contributed by atoms with Gasteiger partial charge in [0.05, 0.1) is 28.9 Å². The van der Waals surface area contributed by atoms with E-state index in [0.717, 1.165) is 5.56 Å². The van der Waals surface area contributed by atoms with Crippen molar-refractivity contribution in [2.75, 3.05) is 0 Å². The first kappa shape index (κ1) is 14.6. The molecular formula is C13H14N4O4. The SMILES string of the molecule is Cc1cc(C)c([N+](=O)[O-])cc1-n1cc(CCC(=O)O)nn1. The molecule has 0 fully saturated rings. The third-order valence-corrected chi connectivity index (χ3v) is 3.09. The van der Waals surface area contributed by atoms with Gasteiger partial charge in [-0.25, -0.2) is 4.68 Å². The van der Waals surface area contributed by atoms with Crippen LogP contribution in [0.1, 0.15) is 23.2 Å². The van der Waals surface area contributed by atoms with E-state index in [1.807, 2.05) is 6.92 Å². The van der Waals surface area contributed by atoms with Gasteiger partial charge in [-0.2, -0.15) is 0 Å². The van der Waals surface area contributed by atoms with E-state index in [2.05, 4.69) is 10.3 Å². The molecule has 1 heterocycles. The largest absolute Gasteiger partial charge is 0.481 e. The molecule has 1 N–H and O–H groups in total. The summed E-state index contributed by atoms with van der Waals surface area (Å²) in [5.41, 5.74) is 2.50. The van der Waals surface area contributed by atoms with Gasteiger partial charge in [-0.05, 0) is 25.5 Å². The quantitative estimate of drug-likeness (QED) is 0.664. The van der Waals surface area contributed by atoms with Crippen LogP contribution in [0.15, 0.2) is 18.3 Å². The summed E-state index contributed by atoms with van der Waals surface area (Å²) in [6.45, 7) is 3.50. The van der Waals surface area contributed by atoms with Gasteiger partial charge in [0.25, 0.3) is 5.69 Å². The van der Waals surface area contributed by atoms with Crippen LogP contribution in [-0.2, 0) is 11.2 Å². The Bertz CT molecular complexity index is 708. The minimum atomic E-state index is -0.910. The number of aromatic nitrogens is 3. The minimum Gasteiger partial charge on any atom is -0.481 e. The molecule has 2 rings (SSSR count). The smallest absolute Gasteiger partial charge is 0.303 e. The molecule has 8 heteroatoms. The molecule has 0 atom stereocenters. The molecule has 0 unspecified atom stereocenters. The maximum Gasteiger partial charge on any atom is 0.303 e. The van der Waals surface area contributed by atoms with Crippen LogP contribution in [0.5, 0.6) is 0 Å². The maximum absolute atomic E-state index is 11.0. The number of nitrogens with zero attached hydrogens (tertiary/aromatic N) is 4. The summed E-state index contributed by atoms with van der Waals surface area (Å²) in [5.74, 6) is -0.910. The van der Waals surface area contributed by atoms with Crippen LogP contribution in [-0.4, -0.2) is 31.0 Å². The summed E-state index contributed by atoms with van der Waals surface area (Å²) < 4.78 is 1.43. The number of hydrogen-bond acceptors (Lipinski definition) is 5. The summed E-state index contributed by atoms with van der Waals surface area (Å²) in [6.07, 6.45) is 1.82. The van der Waals surface area contributed by atoms with Crippen LogP contribution in [0.2, 0.25) is 0 Å². The minimum absolute atomic E-state index is 0.0122. The molecule has 0 aliphatic heterocycles. The van der Waals surface area contributed by atoms with Crippen molar-refractivity contribution >= 4 is 11.7 Å². The molecule has 0 aliphatic carbocycles. The lowest BCUT2D eigenvalue weighted by Crippen LogP contribution is -2.01. The zero-order valence-electron chi connectivity index (χ0n) is 11.6. The molecule has 1 aromatic carbocycles. The van der Waals surface area contributed by atoms with Crippen LogP contribution in [0, 0.1) is 24.0 Å². The van der Waals surface area contributed by atoms with Crippen LogP contribution in [0.3, 0.4) is 0 Å². The summed E-state index contributed by atoms with van der Waals surface area (Å²) >= 11 is 0. The lowest BCUT2D eigenvalue weighted by molar-refractivity contribution is -0.385. The Labute approximate surface area is 120 Å². The topological polar surface area (TPSA) is 111 Å². The number of aryl methyl sites for hydroxylation is 3. The molecule has 1 aromatic heterocycles. The van der Waals surface area contributed by atoms with Gasteiger partial charge in [-0.15, -0.1) is 5.10 Å². The fraction of sp³-hybridized carbons (Fsp3) is 0.308. The van der Waals surface area contributed by atoms with Gasteiger partial charge in [0, 0.05) is 18.1 Å². The predicted octanol–water partition coefficient (Wildman–Crippen LogP) is 1.81. The number of carboxylic acid groups (broad SMARTS) is 1. The lowest BCUT2D eigenvalue weighted by atomic mass is 10.1. The second-order valence-electron chi connectivity index (χ2n) is 4.73. The van der Waals surface area contributed by atoms with E-state index >= 15 is 0 Å². The van der Waals surface area contributed by atoms with Gasteiger partial charge in [-0.3, -0.25) is 14.9 Å². The zero-order chi connectivity index (χ0) is 15.6. The molecule has 0 radical (unpaired) electrons. The van der Waals surface area contributed by atoms with Crippen molar-refractivity contribution in [1.29, 1.82) is 0 Å². The first-order chi connectivity index (χ1) is 9.88. The molecule has 2 aromatic rings. The van der Waals surface area contributed by atoms with Crippen LogP contribution in [0.4, 0.5) is 5.69 Å². The molecule has 21 heavy (non-hydrogen) atoms. The molecule has 0 bridgehead atoms. The summed E-state index contributed by atoms with van der Waals surface area (Å²) in [5, 5.41) is 27.4. The Morgan fingerprint density at radius 3 is 2.71 bits per heavy atom. The van der Waals surface area contributed by atoms with Crippen molar-refractivity contribution in [2.45, 2.75) is 26.7 Å². The number of hydrogen-bond donors (Lipinski definition) is 1. The molecule has 0 saturated heterocycles. The molecule has 0 aliphatic rings. The maximum atomic E-state index is 11.0. The molecule has 0 amide bonds. The highest BCUT2D eigenvalue weighted by Crippen LogP contribution is 2.25. The van der Waals surface area contributed by atoms with Crippen LogP contribution < -0.4 is 0 Å². The van der Waals surface area contributed by atoms with E-state index in [9.17, 15) is 14.9 Å². The van der Waals surface area contributed by atoms with E-state index < -0.39 is 10.9 Å². The predicted molar refractivity (Wildman–Crippen MR) is 73.4 cm³/mol. The number of benzene rings is 1. The Hall–Kier alpha value is -2.77. The zero-order valence-corrected chi connectivity index (χ0v) is 11.6. The third kappa shape index (κ3) is 3.22. The Morgan fingerprint density at radius 1 is 1.38 bits per heavy atom. The number of nitro benzene ring substituents is 1. The molecular weight excluding hydrogens is 276 g/mol. The first-order valence-corrected chi connectivity index (χ1v) is 6.27. The van der Waals surface area contributed by atoms with Gasteiger partial charge >= 0.3 is 5.97 Å². The molecule has 110 valence electrons. The fourth-order valence-corrected chi connectivity index (χ4v) is 2.04. The number of nitro groups is 1. The summed E-state index contributed by atoms with van der Waals surface area (Å²) in [7, 11) is 0. The van der Waals surface area contributed by atoms with Crippen molar-refractivity contribution in [3.63, 3.8) is 0 Å². The second kappa shape index (κ2) is 5.70. The first-order valence-electron chi connectivity index (χ1n) is 6.27. The van der Waals surface area contributed by atoms with Gasteiger partial charge in [-0.1, -0.05) is 5.21 Å². The molecule has 0 spiro atoms. The Morgan fingerprint density at radius 2 is 2.10 bits per heavy atom. The third-order valence-electron chi connectivity index (χ3n) is 3.09. The number of carbonyl (C=O) groups is 1. The monoisotopic (exact) mass is 290 g/mol. The van der Waals surface area contributed by atoms with Crippen molar-refractivity contribution in [3.8, 4) is 5.69 Å². The summed E-state index contributed by atoms with van der Waals surface area (Å²) in [6, 6.07) is 3.16. The number of carboxylic acids is 1. The Kier molecular flexibility index (Phi) is 3.97. The van der Waals surface area contributed by atoms with Crippen molar-refractivity contribution in [2.24, 2.45) is 0 Å². The van der Waals surface area contributed by atoms with Gasteiger partial charge in [0.15, 0.2) is 0 Å². The second-order valence-corrected chi connectivity index (χ2v) is 4.73. The van der Waals surface area contributed by atoms with Crippen molar-refractivity contribution in [1.82, 2.24) is 15.0 Å². The highest BCUT2D eigenvalue weighted by molar-refractivity contribution is 5.66. The van der Waals surface area contributed by atoms with Gasteiger partial charge < -0.3 is 5.11 Å². The summed E-state index contributed by atoms with van der Waals surface area (Å²) in [4.78, 5) is 21.1. The standard InChI is InChI=1S/C13H14N4O4/c1-8-5-9(2)12(17(20)21)6-11(8)16-7-10(14-15-16)3-4-13(18)19/h5-7H,3-4H2,1-2H3,(H,18,19). The number of rotatable bonds is 5. The normalized spacial score (nSPS) is 10.6. The van der Waals surface area contributed by atoms with E-state index in [4.69, 9.17) is 5.11 Å². The van der Waals surface area contributed by atoms with Crippen LogP contribution >= 0.6 is 0 Å². The number of aliphatic carboxylic acids is 1. The van der Waals surface area contributed by atoms with Crippen molar-refractivity contribution in [3.05, 3.63) is 45.3 Å². The van der Waals surface area contributed by atoms with E-state index in [1.165, 1.54) is 10.7 Å². The van der Waals surface area contributed by atoms with Gasteiger partial charge in [0.1, 0.15) is 0 Å².